The van der Waals surface area contributed by atoms with E-state index in [2.05, 4.69) is 0 Å². The van der Waals surface area contributed by atoms with Crippen LogP contribution in [0.4, 0.5) is 0 Å². The van der Waals surface area contributed by atoms with Gasteiger partial charge >= 0.3 is 0 Å². The quantitative estimate of drug-likeness (QED) is 0.574. The minimum Gasteiger partial charge on any atom is -0.392 e. The molecule has 0 unspecified atom stereocenters. The normalized spacial score (nSPS) is 13.2. The summed E-state index contributed by atoms with van der Waals surface area (Å²) in [5.41, 5.74) is 0. The molecule has 0 aliphatic rings. The van der Waals surface area contributed by atoms with Crippen molar-refractivity contribution in [3.05, 3.63) is 42.5 Å². The van der Waals surface area contributed by atoms with E-state index in [9.17, 15) is 5.11 Å². The van der Waals surface area contributed by atoms with Crippen LogP contribution in [0.2, 0.25) is 0 Å². The molecule has 0 saturated heterocycles. The van der Waals surface area contributed by atoms with Gasteiger partial charge in [0, 0.05) is 10.6 Å². The average Bonchev–Trinajstić information content (AvgIpc) is 2.28. The Morgan fingerprint density at radius 3 is 2.60 bits per heavy atom. The van der Waals surface area contributed by atoms with E-state index in [-0.39, 0.29) is 12.7 Å². The third kappa shape index (κ3) is 5.62. The van der Waals surface area contributed by atoms with E-state index in [1.54, 1.807) is 23.9 Å². The largest absolute Gasteiger partial charge is 0.392 e. The van der Waals surface area contributed by atoms with Gasteiger partial charge in [-0.25, -0.2) is 0 Å². The number of aliphatic hydroxyl groups excluding tert-OH is 2. The summed E-state index contributed by atoms with van der Waals surface area (Å²) in [5, 5.41) is 18.1. The van der Waals surface area contributed by atoms with Gasteiger partial charge in [-0.2, -0.15) is 0 Å². The second-order valence-corrected chi connectivity index (χ2v) is 4.26. The molecule has 0 saturated carbocycles. The van der Waals surface area contributed by atoms with E-state index in [4.69, 9.17) is 5.11 Å². The topological polar surface area (TPSA) is 40.5 Å². The summed E-state index contributed by atoms with van der Waals surface area (Å²) in [6, 6.07) is 10.0. The molecule has 82 valence electrons. The summed E-state index contributed by atoms with van der Waals surface area (Å²) in [7, 11) is 0. The molecule has 1 rings (SSSR count). The lowest BCUT2D eigenvalue weighted by molar-refractivity contribution is 0.203. The standard InChI is InChI=1S/C12H16O2S/c13-9-5-4-6-11(14)10-15-12-7-2-1-3-8-12/h1-5,7-8,11,13-14H,6,9-10H2/b5-4+/t11-/m0/s1. The summed E-state index contributed by atoms with van der Waals surface area (Å²) < 4.78 is 0. The van der Waals surface area contributed by atoms with Gasteiger partial charge in [-0.1, -0.05) is 30.4 Å². The highest BCUT2D eigenvalue weighted by molar-refractivity contribution is 7.99. The molecule has 0 aliphatic heterocycles. The predicted molar refractivity (Wildman–Crippen MR) is 64.0 cm³/mol. The smallest absolute Gasteiger partial charge is 0.0668 e. The zero-order chi connectivity index (χ0) is 10.9. The molecule has 2 nitrogen and oxygen atoms in total. The average molecular weight is 224 g/mol. The van der Waals surface area contributed by atoms with Crippen LogP contribution in [0.1, 0.15) is 6.42 Å². The first-order valence-electron chi connectivity index (χ1n) is 4.94. The van der Waals surface area contributed by atoms with Crippen molar-refractivity contribution in [2.45, 2.75) is 17.4 Å². The lowest BCUT2D eigenvalue weighted by Gasteiger charge is -2.07. The zero-order valence-electron chi connectivity index (χ0n) is 8.54. The maximum Gasteiger partial charge on any atom is 0.0668 e. The molecule has 0 fully saturated rings. The molecular formula is C12H16O2S. The molecule has 1 aromatic rings. The highest BCUT2D eigenvalue weighted by atomic mass is 32.2. The van der Waals surface area contributed by atoms with Gasteiger partial charge in [-0.05, 0) is 18.6 Å². The van der Waals surface area contributed by atoms with Crippen LogP contribution in [0, 0.1) is 0 Å². The van der Waals surface area contributed by atoms with Crippen molar-refractivity contribution >= 4 is 11.8 Å². The van der Waals surface area contributed by atoms with E-state index in [0.717, 1.165) is 0 Å². The van der Waals surface area contributed by atoms with E-state index in [1.807, 2.05) is 30.3 Å². The monoisotopic (exact) mass is 224 g/mol. The Kier molecular flexibility index (Phi) is 6.16. The fourth-order valence-corrected chi connectivity index (χ4v) is 1.98. The summed E-state index contributed by atoms with van der Waals surface area (Å²) in [5.74, 6) is 0.680. The predicted octanol–water partition coefficient (Wildman–Crippen LogP) is 2.08. The lowest BCUT2D eigenvalue weighted by Crippen LogP contribution is -2.07. The molecule has 1 aromatic carbocycles. The fourth-order valence-electron chi connectivity index (χ4n) is 1.11. The Morgan fingerprint density at radius 1 is 1.20 bits per heavy atom. The molecule has 3 heteroatoms. The summed E-state index contributed by atoms with van der Waals surface area (Å²) >= 11 is 1.64. The van der Waals surface area contributed by atoms with Gasteiger partial charge in [-0.3, -0.25) is 0 Å². The Morgan fingerprint density at radius 2 is 1.93 bits per heavy atom. The number of benzene rings is 1. The third-order valence-electron chi connectivity index (χ3n) is 1.87. The van der Waals surface area contributed by atoms with Crippen molar-refractivity contribution in [1.29, 1.82) is 0 Å². The molecule has 15 heavy (non-hydrogen) atoms. The number of hydrogen-bond acceptors (Lipinski definition) is 3. The first-order valence-corrected chi connectivity index (χ1v) is 5.93. The Balaban J connectivity index is 2.22. The maximum absolute atomic E-state index is 9.58. The van der Waals surface area contributed by atoms with Gasteiger partial charge in [0.25, 0.3) is 0 Å². The zero-order valence-corrected chi connectivity index (χ0v) is 9.36. The minimum atomic E-state index is -0.349. The van der Waals surface area contributed by atoms with Crippen LogP contribution in [0.25, 0.3) is 0 Å². The van der Waals surface area contributed by atoms with Gasteiger partial charge in [0.1, 0.15) is 0 Å². The molecule has 1 atom stereocenters. The Hall–Kier alpha value is -0.770. The Labute approximate surface area is 94.6 Å². The first-order chi connectivity index (χ1) is 7.33. The first kappa shape index (κ1) is 12.3. The SMILES string of the molecule is OC/C=C/C[C@H](O)CSc1ccccc1. The molecule has 0 amide bonds. The lowest BCUT2D eigenvalue weighted by atomic mass is 10.3. The third-order valence-corrected chi connectivity index (χ3v) is 3.02. The van der Waals surface area contributed by atoms with Crippen LogP contribution >= 0.6 is 11.8 Å². The second kappa shape index (κ2) is 7.51. The molecule has 0 aliphatic carbocycles. The van der Waals surface area contributed by atoms with Crippen LogP contribution in [0.3, 0.4) is 0 Å². The minimum absolute atomic E-state index is 0.0402. The van der Waals surface area contributed by atoms with E-state index >= 15 is 0 Å². The summed E-state index contributed by atoms with van der Waals surface area (Å²) in [6.07, 6.45) is 3.70. The molecular weight excluding hydrogens is 208 g/mol. The molecule has 0 spiro atoms. The van der Waals surface area contributed by atoms with Crippen LogP contribution in [0.15, 0.2) is 47.4 Å². The summed E-state index contributed by atoms with van der Waals surface area (Å²) in [4.78, 5) is 1.17. The van der Waals surface area contributed by atoms with Gasteiger partial charge in [0.15, 0.2) is 0 Å². The van der Waals surface area contributed by atoms with E-state index in [0.29, 0.717) is 12.2 Å². The highest BCUT2D eigenvalue weighted by Gasteiger charge is 2.02. The number of rotatable bonds is 6. The molecule has 0 aromatic heterocycles. The van der Waals surface area contributed by atoms with Gasteiger partial charge in [-0.15, -0.1) is 11.8 Å². The van der Waals surface area contributed by atoms with Crippen LogP contribution in [-0.2, 0) is 0 Å². The second-order valence-electron chi connectivity index (χ2n) is 3.17. The van der Waals surface area contributed by atoms with Crippen molar-refractivity contribution in [2.75, 3.05) is 12.4 Å². The van der Waals surface area contributed by atoms with E-state index in [1.165, 1.54) is 4.90 Å². The van der Waals surface area contributed by atoms with Crippen LogP contribution < -0.4 is 0 Å². The van der Waals surface area contributed by atoms with Gasteiger partial charge in [0.2, 0.25) is 0 Å². The highest BCUT2D eigenvalue weighted by Crippen LogP contribution is 2.18. The number of aliphatic hydroxyl groups is 2. The van der Waals surface area contributed by atoms with Crippen molar-refractivity contribution in [1.82, 2.24) is 0 Å². The van der Waals surface area contributed by atoms with E-state index < -0.39 is 0 Å². The molecule has 0 bridgehead atoms. The van der Waals surface area contributed by atoms with Crippen molar-refractivity contribution in [2.24, 2.45) is 0 Å². The van der Waals surface area contributed by atoms with Crippen LogP contribution in [0.5, 0.6) is 0 Å². The van der Waals surface area contributed by atoms with Crippen molar-refractivity contribution in [3.63, 3.8) is 0 Å². The maximum atomic E-state index is 9.58. The fraction of sp³-hybridized carbons (Fsp3) is 0.333. The molecule has 2 N–H and O–H groups in total. The van der Waals surface area contributed by atoms with Crippen molar-refractivity contribution in [3.8, 4) is 0 Å². The number of thioether (sulfide) groups is 1. The van der Waals surface area contributed by atoms with Crippen LogP contribution in [-0.4, -0.2) is 28.7 Å². The molecule has 0 heterocycles. The van der Waals surface area contributed by atoms with Gasteiger partial charge in [0.05, 0.1) is 12.7 Å². The Bertz CT molecular complexity index is 285. The number of hydrogen-bond donors (Lipinski definition) is 2. The van der Waals surface area contributed by atoms with Crippen molar-refractivity contribution < 1.29 is 10.2 Å². The molecule has 0 radical (unpaired) electrons. The van der Waals surface area contributed by atoms with Gasteiger partial charge < -0.3 is 10.2 Å². The summed E-state index contributed by atoms with van der Waals surface area (Å²) in [6.45, 7) is 0.0402.